The molecule has 0 radical (unpaired) electrons. The second-order valence-corrected chi connectivity index (χ2v) is 7.64. The number of hydrogen-bond donors (Lipinski definition) is 1. The summed E-state index contributed by atoms with van der Waals surface area (Å²) in [7, 11) is 0. The maximum absolute atomic E-state index is 12.5. The van der Waals surface area contributed by atoms with Gasteiger partial charge in [0.2, 0.25) is 11.7 Å². The molecule has 1 aliphatic rings. The molecule has 1 N–H and O–H groups in total. The zero-order valence-electron chi connectivity index (χ0n) is 16.3. The van der Waals surface area contributed by atoms with Gasteiger partial charge in [0, 0.05) is 35.3 Å². The number of likely N-dealkylation sites (tertiary alicyclic amines) is 1. The number of nitrogens with zero attached hydrogens (tertiary/aromatic N) is 3. The first-order valence-corrected chi connectivity index (χ1v) is 10.2. The number of carbonyl (C=O) groups is 1. The van der Waals surface area contributed by atoms with Crippen LogP contribution in [0.15, 0.2) is 53.1 Å². The third-order valence-corrected chi connectivity index (χ3v) is 5.54. The standard InChI is InChI=1S/C22H23ClN4O2/c1-2-15-3-9-19(10-4-15)24-22(28)27-13-11-17(12-14-27)21-25-20(26-29-21)16-5-7-18(23)8-6-16/h3-10,17H,2,11-14H2,1H3,(H,24,28). The molecule has 2 aromatic carbocycles. The number of anilines is 1. The second-order valence-electron chi connectivity index (χ2n) is 7.21. The molecule has 0 saturated carbocycles. The fraction of sp³-hybridized carbons (Fsp3) is 0.318. The van der Waals surface area contributed by atoms with E-state index in [1.807, 2.05) is 41.3 Å². The monoisotopic (exact) mass is 410 g/mol. The van der Waals surface area contributed by atoms with Gasteiger partial charge in [-0.2, -0.15) is 4.98 Å². The summed E-state index contributed by atoms with van der Waals surface area (Å²) in [4.78, 5) is 18.9. The van der Waals surface area contributed by atoms with E-state index >= 15 is 0 Å². The van der Waals surface area contributed by atoms with Crippen LogP contribution < -0.4 is 5.32 Å². The van der Waals surface area contributed by atoms with Crippen LogP contribution in [0, 0.1) is 0 Å². The van der Waals surface area contributed by atoms with Gasteiger partial charge in [0.1, 0.15) is 0 Å². The SMILES string of the molecule is CCc1ccc(NC(=O)N2CCC(c3nc(-c4ccc(Cl)cc4)no3)CC2)cc1. The first-order chi connectivity index (χ1) is 14.1. The predicted octanol–water partition coefficient (Wildman–Crippen LogP) is 5.36. The minimum atomic E-state index is -0.0694. The van der Waals surface area contributed by atoms with Gasteiger partial charge in [-0.1, -0.05) is 35.8 Å². The number of hydrogen-bond acceptors (Lipinski definition) is 4. The van der Waals surface area contributed by atoms with Gasteiger partial charge in [0.05, 0.1) is 0 Å². The molecule has 2 heterocycles. The third-order valence-electron chi connectivity index (χ3n) is 5.29. The summed E-state index contributed by atoms with van der Waals surface area (Å²) >= 11 is 5.93. The first-order valence-electron chi connectivity index (χ1n) is 9.87. The van der Waals surface area contributed by atoms with Crippen molar-refractivity contribution in [1.82, 2.24) is 15.0 Å². The zero-order chi connectivity index (χ0) is 20.2. The zero-order valence-corrected chi connectivity index (χ0v) is 17.0. The Balaban J connectivity index is 1.33. The Morgan fingerprint density at radius 1 is 1.14 bits per heavy atom. The largest absolute Gasteiger partial charge is 0.339 e. The number of amides is 2. The number of aryl methyl sites for hydroxylation is 1. The van der Waals surface area contributed by atoms with Crippen LogP contribution in [0.3, 0.4) is 0 Å². The Bertz CT molecular complexity index is 961. The molecule has 6 nitrogen and oxygen atoms in total. The number of carbonyl (C=O) groups excluding carboxylic acids is 1. The molecule has 150 valence electrons. The van der Waals surface area contributed by atoms with E-state index in [1.165, 1.54) is 5.56 Å². The number of nitrogens with one attached hydrogen (secondary N) is 1. The van der Waals surface area contributed by atoms with Crippen LogP contribution in [0.4, 0.5) is 10.5 Å². The highest BCUT2D eigenvalue weighted by molar-refractivity contribution is 6.30. The number of urea groups is 1. The lowest BCUT2D eigenvalue weighted by atomic mass is 9.97. The molecule has 29 heavy (non-hydrogen) atoms. The van der Waals surface area contributed by atoms with Crippen molar-refractivity contribution in [3.63, 3.8) is 0 Å². The number of rotatable bonds is 4. The van der Waals surface area contributed by atoms with Crippen molar-refractivity contribution < 1.29 is 9.32 Å². The molecule has 0 aliphatic carbocycles. The van der Waals surface area contributed by atoms with E-state index in [-0.39, 0.29) is 11.9 Å². The molecule has 1 aromatic heterocycles. The van der Waals surface area contributed by atoms with E-state index in [9.17, 15) is 4.79 Å². The van der Waals surface area contributed by atoms with E-state index in [4.69, 9.17) is 16.1 Å². The van der Waals surface area contributed by atoms with Crippen molar-refractivity contribution >= 4 is 23.3 Å². The molecule has 0 atom stereocenters. The van der Waals surface area contributed by atoms with Gasteiger partial charge < -0.3 is 14.7 Å². The molecule has 1 fully saturated rings. The van der Waals surface area contributed by atoms with E-state index in [0.29, 0.717) is 29.8 Å². The van der Waals surface area contributed by atoms with Crippen molar-refractivity contribution in [2.75, 3.05) is 18.4 Å². The average molecular weight is 411 g/mol. The molecule has 1 aliphatic heterocycles. The highest BCUT2D eigenvalue weighted by atomic mass is 35.5. The Morgan fingerprint density at radius 2 is 1.83 bits per heavy atom. The van der Waals surface area contributed by atoms with Crippen LogP contribution in [0.5, 0.6) is 0 Å². The lowest BCUT2D eigenvalue weighted by molar-refractivity contribution is 0.187. The first kappa shape index (κ1) is 19.5. The molecule has 0 bridgehead atoms. The molecule has 4 rings (SSSR count). The van der Waals surface area contributed by atoms with Crippen molar-refractivity contribution in [3.8, 4) is 11.4 Å². The molecule has 7 heteroatoms. The molecule has 1 saturated heterocycles. The van der Waals surface area contributed by atoms with E-state index in [1.54, 1.807) is 12.1 Å². The number of halogens is 1. The summed E-state index contributed by atoms with van der Waals surface area (Å²) in [6, 6.07) is 15.2. The van der Waals surface area contributed by atoms with Gasteiger partial charge in [-0.3, -0.25) is 0 Å². The van der Waals surface area contributed by atoms with Gasteiger partial charge >= 0.3 is 6.03 Å². The minimum Gasteiger partial charge on any atom is -0.339 e. The van der Waals surface area contributed by atoms with Crippen molar-refractivity contribution in [2.45, 2.75) is 32.1 Å². The molecule has 0 unspecified atom stereocenters. The summed E-state index contributed by atoms with van der Waals surface area (Å²) in [6.45, 7) is 3.42. The highest BCUT2D eigenvalue weighted by Gasteiger charge is 2.27. The number of aromatic nitrogens is 2. The summed E-state index contributed by atoms with van der Waals surface area (Å²) in [5, 5.41) is 7.74. The van der Waals surface area contributed by atoms with Crippen LogP contribution in [0.25, 0.3) is 11.4 Å². The quantitative estimate of drug-likeness (QED) is 0.628. The summed E-state index contributed by atoms with van der Waals surface area (Å²) in [5.41, 5.74) is 2.94. The molecule has 2 amide bonds. The lowest BCUT2D eigenvalue weighted by Crippen LogP contribution is -2.40. The molecule has 0 spiro atoms. The Labute approximate surface area is 174 Å². The Morgan fingerprint density at radius 3 is 2.48 bits per heavy atom. The van der Waals surface area contributed by atoms with Gasteiger partial charge in [-0.25, -0.2) is 4.79 Å². The summed E-state index contributed by atoms with van der Waals surface area (Å²) < 4.78 is 5.49. The molecular weight excluding hydrogens is 388 g/mol. The number of benzene rings is 2. The molecule has 3 aromatic rings. The van der Waals surface area contributed by atoms with Crippen LogP contribution in [0.1, 0.15) is 37.1 Å². The third kappa shape index (κ3) is 4.59. The van der Waals surface area contributed by atoms with Crippen molar-refractivity contribution in [1.29, 1.82) is 0 Å². The topological polar surface area (TPSA) is 71.3 Å². The predicted molar refractivity (Wildman–Crippen MR) is 113 cm³/mol. The fourth-order valence-electron chi connectivity index (χ4n) is 3.47. The van der Waals surface area contributed by atoms with Gasteiger partial charge in [0.15, 0.2) is 0 Å². The summed E-state index contributed by atoms with van der Waals surface area (Å²) in [5.74, 6) is 1.36. The van der Waals surface area contributed by atoms with E-state index in [0.717, 1.165) is 30.5 Å². The van der Waals surface area contributed by atoms with Gasteiger partial charge in [0.25, 0.3) is 0 Å². The Kier molecular flexibility index (Phi) is 5.81. The van der Waals surface area contributed by atoms with Crippen LogP contribution in [-0.4, -0.2) is 34.2 Å². The minimum absolute atomic E-state index is 0.0694. The lowest BCUT2D eigenvalue weighted by Gasteiger charge is -2.30. The smallest absolute Gasteiger partial charge is 0.321 e. The molecular formula is C22H23ClN4O2. The van der Waals surface area contributed by atoms with Crippen LogP contribution in [0.2, 0.25) is 5.02 Å². The highest BCUT2D eigenvalue weighted by Crippen LogP contribution is 2.29. The van der Waals surface area contributed by atoms with Crippen molar-refractivity contribution in [2.24, 2.45) is 0 Å². The fourth-order valence-corrected chi connectivity index (χ4v) is 3.60. The van der Waals surface area contributed by atoms with Crippen LogP contribution in [-0.2, 0) is 6.42 Å². The Hall–Kier alpha value is -2.86. The average Bonchev–Trinajstić information content (AvgIpc) is 3.25. The normalized spacial score (nSPS) is 14.8. The summed E-state index contributed by atoms with van der Waals surface area (Å²) in [6.07, 6.45) is 2.58. The number of piperidine rings is 1. The van der Waals surface area contributed by atoms with E-state index in [2.05, 4.69) is 22.4 Å². The maximum Gasteiger partial charge on any atom is 0.321 e. The van der Waals surface area contributed by atoms with Gasteiger partial charge in [-0.05, 0) is 61.2 Å². The van der Waals surface area contributed by atoms with Gasteiger partial charge in [-0.15, -0.1) is 0 Å². The second kappa shape index (κ2) is 8.66. The van der Waals surface area contributed by atoms with E-state index < -0.39 is 0 Å². The van der Waals surface area contributed by atoms with Crippen molar-refractivity contribution in [3.05, 3.63) is 65.0 Å². The van der Waals surface area contributed by atoms with Crippen LogP contribution >= 0.6 is 11.6 Å². The maximum atomic E-state index is 12.5.